The zero-order chi connectivity index (χ0) is 19.8. The molecule has 5 rings (SSSR count). The summed E-state index contributed by atoms with van der Waals surface area (Å²) in [5.41, 5.74) is 17.4. The maximum atomic E-state index is 13.3. The van der Waals surface area contributed by atoms with Crippen molar-refractivity contribution in [2.45, 2.75) is 56.1 Å². The number of likely N-dealkylation sites (tertiary alicyclic amines) is 1. The predicted octanol–water partition coefficient (Wildman–Crippen LogP) is 0.774. The van der Waals surface area contributed by atoms with Crippen molar-refractivity contribution in [3.8, 4) is 0 Å². The molecule has 29 heavy (non-hydrogen) atoms. The van der Waals surface area contributed by atoms with Gasteiger partial charge in [0.25, 0.3) is 0 Å². The smallest absolute Gasteiger partial charge is 0.225 e. The topological polar surface area (TPSA) is 80.5 Å². The Balaban J connectivity index is 1.24. The first-order valence-corrected chi connectivity index (χ1v) is 11.0. The molecule has 3 saturated heterocycles. The first-order chi connectivity index (χ1) is 14.2. The Morgan fingerprint density at radius 1 is 1.03 bits per heavy atom. The van der Waals surface area contributed by atoms with Gasteiger partial charge in [-0.2, -0.15) is 5.53 Å². The van der Waals surface area contributed by atoms with Crippen LogP contribution in [0.4, 0.5) is 4.39 Å². The molecule has 1 amide bonds. The van der Waals surface area contributed by atoms with Crippen LogP contribution < -0.4 is 27.2 Å². The number of benzene rings is 1. The van der Waals surface area contributed by atoms with Crippen molar-refractivity contribution in [3.63, 3.8) is 0 Å². The number of hydrazine groups is 3. The Hall–Kier alpha value is -1.58. The number of carbonyl (C=O) groups is 1. The largest absolute Gasteiger partial charge is 0.342 e. The summed E-state index contributed by atoms with van der Waals surface area (Å²) in [6, 6.07) is 7.89. The van der Waals surface area contributed by atoms with Gasteiger partial charge in [-0.3, -0.25) is 15.6 Å². The summed E-state index contributed by atoms with van der Waals surface area (Å²) in [6.07, 6.45) is 5.04. The van der Waals surface area contributed by atoms with Crippen LogP contribution in [-0.4, -0.2) is 48.6 Å². The zero-order valence-corrected chi connectivity index (χ0v) is 16.7. The van der Waals surface area contributed by atoms with Crippen LogP contribution in [-0.2, 0) is 4.79 Å². The zero-order valence-electron chi connectivity index (χ0n) is 16.7. The van der Waals surface area contributed by atoms with Gasteiger partial charge in [0.05, 0.1) is 0 Å². The normalized spacial score (nSPS) is 37.5. The van der Waals surface area contributed by atoms with Crippen molar-refractivity contribution in [1.29, 1.82) is 0 Å². The molecule has 6 unspecified atom stereocenters. The van der Waals surface area contributed by atoms with Crippen LogP contribution in [0, 0.1) is 17.7 Å². The van der Waals surface area contributed by atoms with Gasteiger partial charge < -0.3 is 4.90 Å². The van der Waals surface area contributed by atoms with Crippen LogP contribution in [0.5, 0.6) is 0 Å². The summed E-state index contributed by atoms with van der Waals surface area (Å²) in [5, 5.41) is 0. The lowest BCUT2D eigenvalue weighted by Crippen LogP contribution is -2.51. The maximum absolute atomic E-state index is 13.3. The van der Waals surface area contributed by atoms with E-state index in [0.717, 1.165) is 57.3 Å². The summed E-state index contributed by atoms with van der Waals surface area (Å²) < 4.78 is 13.3. The molecule has 3 heterocycles. The van der Waals surface area contributed by atoms with E-state index in [1.54, 1.807) is 12.1 Å². The van der Waals surface area contributed by atoms with Gasteiger partial charge in [-0.15, -0.1) is 0 Å². The van der Waals surface area contributed by atoms with Crippen molar-refractivity contribution >= 4 is 5.91 Å². The van der Waals surface area contributed by atoms with E-state index in [2.05, 4.69) is 32.1 Å². The number of nitrogens with one attached hydrogen (secondary N) is 5. The second-order valence-corrected chi connectivity index (χ2v) is 9.03. The molecule has 4 fully saturated rings. The Kier molecular flexibility index (Phi) is 5.53. The van der Waals surface area contributed by atoms with Crippen molar-refractivity contribution in [3.05, 3.63) is 35.6 Å². The molecule has 3 aliphatic heterocycles. The Morgan fingerprint density at radius 3 is 2.72 bits per heavy atom. The molecule has 1 saturated carbocycles. The highest BCUT2D eigenvalue weighted by Gasteiger charge is 2.41. The minimum absolute atomic E-state index is 0.117. The van der Waals surface area contributed by atoms with E-state index < -0.39 is 0 Å². The van der Waals surface area contributed by atoms with Crippen LogP contribution in [0.3, 0.4) is 0 Å². The summed E-state index contributed by atoms with van der Waals surface area (Å²) in [5.74, 6) is 0.946. The van der Waals surface area contributed by atoms with Gasteiger partial charge in [-0.25, -0.2) is 15.2 Å². The number of amides is 1. The van der Waals surface area contributed by atoms with Gasteiger partial charge in [0.1, 0.15) is 5.82 Å². The number of nitrogens with zero attached hydrogens (tertiary/aromatic N) is 1. The Labute approximate surface area is 171 Å². The van der Waals surface area contributed by atoms with Gasteiger partial charge in [-0.1, -0.05) is 12.1 Å². The number of piperidine rings is 1. The highest BCUT2D eigenvalue weighted by atomic mass is 19.1. The summed E-state index contributed by atoms with van der Waals surface area (Å²) in [4.78, 5) is 15.4. The van der Waals surface area contributed by atoms with Gasteiger partial charge in [0.15, 0.2) is 0 Å². The SMILES string of the molecule is O=C(C1CCC2NNNC2C1)N1CCCC(C2NNCC2c2ccc(F)cc2)C1. The van der Waals surface area contributed by atoms with E-state index in [-0.39, 0.29) is 17.8 Å². The third-order valence-corrected chi connectivity index (χ3v) is 7.31. The summed E-state index contributed by atoms with van der Waals surface area (Å²) >= 11 is 0. The molecule has 4 aliphatic rings. The molecule has 0 radical (unpaired) electrons. The van der Waals surface area contributed by atoms with E-state index in [1.165, 1.54) is 0 Å². The number of hydrogen-bond acceptors (Lipinski definition) is 6. The molecule has 1 aliphatic carbocycles. The quantitative estimate of drug-likeness (QED) is 0.514. The van der Waals surface area contributed by atoms with Gasteiger partial charge in [0, 0.05) is 49.6 Å². The standard InChI is InChI=1S/C21H31FN6O/c22-16-6-3-13(4-7-16)17-11-23-26-20(17)15-2-1-9-28(12-15)21(29)14-5-8-18-19(10-14)25-27-24-18/h3-4,6-7,14-15,17-20,23-27H,1-2,5,8-12H2. The molecule has 1 aromatic carbocycles. The van der Waals surface area contributed by atoms with Gasteiger partial charge in [-0.05, 0) is 55.7 Å². The molecular weight excluding hydrogens is 371 g/mol. The predicted molar refractivity (Wildman–Crippen MR) is 108 cm³/mol. The molecular formula is C21H31FN6O. The first-order valence-electron chi connectivity index (χ1n) is 11.0. The summed E-state index contributed by atoms with van der Waals surface area (Å²) in [6.45, 7) is 2.51. The van der Waals surface area contributed by atoms with E-state index in [4.69, 9.17) is 0 Å². The molecule has 0 aromatic heterocycles. The summed E-state index contributed by atoms with van der Waals surface area (Å²) in [7, 11) is 0. The van der Waals surface area contributed by atoms with Crippen molar-refractivity contribution in [1.82, 2.24) is 32.1 Å². The minimum atomic E-state index is -0.199. The number of fused-ring (bicyclic) bond motifs is 1. The average Bonchev–Trinajstić information content (AvgIpc) is 3.43. The van der Waals surface area contributed by atoms with E-state index in [1.807, 2.05) is 12.1 Å². The third kappa shape index (κ3) is 3.92. The lowest BCUT2D eigenvalue weighted by Gasteiger charge is -2.40. The minimum Gasteiger partial charge on any atom is -0.342 e. The fraction of sp³-hybridized carbons (Fsp3) is 0.667. The number of hydrogen-bond donors (Lipinski definition) is 5. The molecule has 1 aromatic rings. The molecule has 0 spiro atoms. The van der Waals surface area contributed by atoms with Crippen LogP contribution in [0.15, 0.2) is 24.3 Å². The van der Waals surface area contributed by atoms with E-state index in [9.17, 15) is 9.18 Å². The van der Waals surface area contributed by atoms with Crippen molar-refractivity contribution in [2.24, 2.45) is 11.8 Å². The molecule has 7 nitrogen and oxygen atoms in total. The Bertz CT molecular complexity index is 730. The van der Waals surface area contributed by atoms with Gasteiger partial charge >= 0.3 is 0 Å². The fourth-order valence-electron chi connectivity index (χ4n) is 5.71. The van der Waals surface area contributed by atoms with Crippen molar-refractivity contribution < 1.29 is 9.18 Å². The lowest BCUT2D eigenvalue weighted by atomic mass is 9.79. The number of carbonyl (C=O) groups excluding carboxylic acids is 1. The van der Waals surface area contributed by atoms with Crippen LogP contribution >= 0.6 is 0 Å². The lowest BCUT2D eigenvalue weighted by molar-refractivity contribution is -0.139. The maximum Gasteiger partial charge on any atom is 0.225 e. The molecule has 158 valence electrons. The molecule has 0 bridgehead atoms. The monoisotopic (exact) mass is 402 g/mol. The average molecular weight is 403 g/mol. The van der Waals surface area contributed by atoms with Crippen molar-refractivity contribution in [2.75, 3.05) is 19.6 Å². The highest BCUT2D eigenvalue weighted by Crippen LogP contribution is 2.34. The fourth-order valence-corrected chi connectivity index (χ4v) is 5.71. The highest BCUT2D eigenvalue weighted by molar-refractivity contribution is 5.79. The van der Waals surface area contributed by atoms with Gasteiger partial charge in [0.2, 0.25) is 5.91 Å². The molecule has 5 N–H and O–H groups in total. The number of rotatable bonds is 3. The van der Waals surface area contributed by atoms with Crippen LogP contribution in [0.25, 0.3) is 0 Å². The van der Waals surface area contributed by atoms with Crippen LogP contribution in [0.2, 0.25) is 0 Å². The third-order valence-electron chi connectivity index (χ3n) is 7.31. The number of halogens is 1. The Morgan fingerprint density at radius 2 is 1.86 bits per heavy atom. The van der Waals surface area contributed by atoms with Crippen LogP contribution in [0.1, 0.15) is 43.6 Å². The first kappa shape index (κ1) is 19.4. The van der Waals surface area contributed by atoms with E-state index in [0.29, 0.717) is 29.8 Å². The van der Waals surface area contributed by atoms with E-state index >= 15 is 0 Å². The molecule has 8 heteroatoms. The second kappa shape index (κ2) is 8.28. The molecule has 6 atom stereocenters. The second-order valence-electron chi connectivity index (χ2n) is 9.03.